The summed E-state index contributed by atoms with van der Waals surface area (Å²) in [6, 6.07) is 16.1. The average molecular weight is 363 g/mol. The van der Waals surface area contributed by atoms with Gasteiger partial charge in [0.05, 0.1) is 13.0 Å². The quantitative estimate of drug-likeness (QED) is 0.557. The molecule has 2 rings (SSSR count). The largest absolute Gasteiger partial charge is 0.493 e. The lowest BCUT2D eigenvalue weighted by Crippen LogP contribution is -2.16. The number of halogens is 1. The van der Waals surface area contributed by atoms with Crippen LogP contribution in [0, 0.1) is 0 Å². The molecular formula is C17H15BrO4. The Morgan fingerprint density at radius 1 is 0.955 bits per heavy atom. The van der Waals surface area contributed by atoms with Crippen molar-refractivity contribution in [1.29, 1.82) is 0 Å². The first kappa shape index (κ1) is 16.2. The number of Topliss-reactive ketones (excluding diaryl/α,β-unsaturated/α-hetero) is 1. The molecule has 0 spiro atoms. The van der Waals surface area contributed by atoms with Gasteiger partial charge in [-0.2, -0.15) is 0 Å². The van der Waals surface area contributed by atoms with Crippen LogP contribution in [0.15, 0.2) is 59.1 Å². The van der Waals surface area contributed by atoms with E-state index in [4.69, 9.17) is 9.47 Å². The van der Waals surface area contributed by atoms with Crippen LogP contribution in [0.2, 0.25) is 0 Å². The number of ketones is 1. The molecule has 4 nitrogen and oxygen atoms in total. The van der Waals surface area contributed by atoms with Gasteiger partial charge in [-0.1, -0.05) is 46.3 Å². The van der Waals surface area contributed by atoms with E-state index in [1.807, 2.05) is 30.3 Å². The average Bonchev–Trinajstić information content (AvgIpc) is 2.54. The number of esters is 1. The molecular weight excluding hydrogens is 348 g/mol. The van der Waals surface area contributed by atoms with Crippen LogP contribution in [0.1, 0.15) is 16.8 Å². The van der Waals surface area contributed by atoms with E-state index >= 15 is 0 Å². The fraction of sp³-hybridized carbons (Fsp3) is 0.176. The molecule has 0 amide bonds. The SMILES string of the molecule is O=C(CCOc1ccccc1)OCC(=O)c1ccc(Br)cc1. The van der Waals surface area contributed by atoms with Gasteiger partial charge in [-0.05, 0) is 24.3 Å². The zero-order valence-corrected chi connectivity index (χ0v) is 13.4. The van der Waals surface area contributed by atoms with Gasteiger partial charge in [0.2, 0.25) is 0 Å². The van der Waals surface area contributed by atoms with Crippen molar-refractivity contribution in [3.8, 4) is 5.75 Å². The molecule has 0 bridgehead atoms. The van der Waals surface area contributed by atoms with E-state index in [9.17, 15) is 9.59 Å². The summed E-state index contributed by atoms with van der Waals surface area (Å²) < 4.78 is 11.2. The highest BCUT2D eigenvalue weighted by Gasteiger charge is 2.10. The summed E-state index contributed by atoms with van der Waals surface area (Å²) >= 11 is 3.29. The molecule has 0 saturated heterocycles. The van der Waals surface area contributed by atoms with E-state index in [0.717, 1.165) is 4.47 Å². The van der Waals surface area contributed by atoms with E-state index < -0.39 is 5.97 Å². The zero-order valence-electron chi connectivity index (χ0n) is 11.8. The third-order valence-electron chi connectivity index (χ3n) is 2.85. The lowest BCUT2D eigenvalue weighted by molar-refractivity contribution is -0.143. The molecule has 0 aliphatic heterocycles. The van der Waals surface area contributed by atoms with Crippen molar-refractivity contribution in [2.24, 2.45) is 0 Å². The Bertz CT molecular complexity index is 623. The predicted octanol–water partition coefficient (Wildman–Crippen LogP) is 3.64. The van der Waals surface area contributed by atoms with Crippen LogP contribution >= 0.6 is 15.9 Å². The molecule has 0 N–H and O–H groups in total. The van der Waals surface area contributed by atoms with Gasteiger partial charge in [0.25, 0.3) is 0 Å². The maximum atomic E-state index is 11.8. The van der Waals surface area contributed by atoms with Gasteiger partial charge in [-0.3, -0.25) is 9.59 Å². The van der Waals surface area contributed by atoms with Crippen molar-refractivity contribution < 1.29 is 19.1 Å². The summed E-state index contributed by atoms with van der Waals surface area (Å²) in [6.07, 6.45) is 0.0997. The summed E-state index contributed by atoms with van der Waals surface area (Å²) in [6.45, 7) is -0.0406. The third kappa shape index (κ3) is 5.33. The first-order valence-corrected chi connectivity index (χ1v) is 7.56. The molecule has 2 aromatic rings. The topological polar surface area (TPSA) is 52.6 Å². The summed E-state index contributed by atoms with van der Waals surface area (Å²) in [7, 11) is 0. The molecule has 0 aromatic heterocycles. The molecule has 114 valence electrons. The number of hydrogen-bond acceptors (Lipinski definition) is 4. The number of carbonyl (C=O) groups is 2. The Balaban J connectivity index is 1.69. The van der Waals surface area contributed by atoms with Gasteiger partial charge in [0.15, 0.2) is 12.4 Å². The highest BCUT2D eigenvalue weighted by Crippen LogP contribution is 2.11. The molecule has 2 aromatic carbocycles. The van der Waals surface area contributed by atoms with Crippen LogP contribution in [0.4, 0.5) is 0 Å². The van der Waals surface area contributed by atoms with Gasteiger partial charge in [-0.15, -0.1) is 0 Å². The first-order valence-electron chi connectivity index (χ1n) is 6.77. The second-order valence-corrected chi connectivity index (χ2v) is 5.42. The van der Waals surface area contributed by atoms with E-state index in [-0.39, 0.29) is 25.4 Å². The number of para-hydroxylation sites is 1. The molecule has 0 aliphatic rings. The number of carbonyl (C=O) groups excluding carboxylic acids is 2. The zero-order chi connectivity index (χ0) is 15.8. The van der Waals surface area contributed by atoms with Crippen molar-refractivity contribution in [2.45, 2.75) is 6.42 Å². The van der Waals surface area contributed by atoms with Crippen LogP contribution in [0.5, 0.6) is 5.75 Å². The van der Waals surface area contributed by atoms with Crippen LogP contribution in [-0.2, 0) is 9.53 Å². The van der Waals surface area contributed by atoms with Gasteiger partial charge < -0.3 is 9.47 Å². The van der Waals surface area contributed by atoms with Crippen molar-refractivity contribution >= 4 is 27.7 Å². The van der Waals surface area contributed by atoms with E-state index in [0.29, 0.717) is 11.3 Å². The van der Waals surface area contributed by atoms with Crippen LogP contribution in [-0.4, -0.2) is 25.0 Å². The predicted molar refractivity (Wildman–Crippen MR) is 86.0 cm³/mol. The molecule has 0 unspecified atom stereocenters. The second kappa shape index (κ2) is 8.34. The second-order valence-electron chi connectivity index (χ2n) is 4.50. The minimum atomic E-state index is -0.457. The standard InChI is InChI=1S/C17H15BrO4/c18-14-8-6-13(7-9-14)16(19)12-22-17(20)10-11-21-15-4-2-1-3-5-15/h1-9H,10-12H2. The Hall–Kier alpha value is -2.14. The lowest BCUT2D eigenvalue weighted by atomic mass is 10.1. The molecule has 0 radical (unpaired) electrons. The van der Waals surface area contributed by atoms with Gasteiger partial charge >= 0.3 is 5.97 Å². The van der Waals surface area contributed by atoms with Gasteiger partial charge in [-0.25, -0.2) is 0 Å². The van der Waals surface area contributed by atoms with Crippen LogP contribution in [0.25, 0.3) is 0 Å². The monoisotopic (exact) mass is 362 g/mol. The fourth-order valence-electron chi connectivity index (χ4n) is 1.71. The molecule has 0 heterocycles. The number of rotatable bonds is 7. The minimum Gasteiger partial charge on any atom is -0.493 e. The van der Waals surface area contributed by atoms with Crippen LogP contribution in [0.3, 0.4) is 0 Å². The summed E-state index contributed by atoms with van der Waals surface area (Å²) in [4.78, 5) is 23.4. The molecule has 5 heteroatoms. The summed E-state index contributed by atoms with van der Waals surface area (Å²) in [5.74, 6) is 0.00691. The minimum absolute atomic E-state index is 0.0997. The van der Waals surface area contributed by atoms with Crippen molar-refractivity contribution in [3.63, 3.8) is 0 Å². The Morgan fingerprint density at radius 3 is 2.32 bits per heavy atom. The van der Waals surface area contributed by atoms with E-state index in [1.165, 1.54) is 0 Å². The molecule has 0 fully saturated rings. The van der Waals surface area contributed by atoms with E-state index in [1.54, 1.807) is 24.3 Å². The first-order chi connectivity index (χ1) is 10.6. The molecule has 0 saturated carbocycles. The number of hydrogen-bond donors (Lipinski definition) is 0. The Morgan fingerprint density at radius 2 is 1.64 bits per heavy atom. The van der Waals surface area contributed by atoms with Crippen molar-refractivity contribution in [3.05, 3.63) is 64.6 Å². The Labute approximate surface area is 137 Å². The Kier molecular flexibility index (Phi) is 6.15. The maximum Gasteiger partial charge on any atom is 0.309 e. The highest BCUT2D eigenvalue weighted by atomic mass is 79.9. The number of benzene rings is 2. The molecule has 0 atom stereocenters. The normalized spacial score (nSPS) is 10.0. The van der Waals surface area contributed by atoms with Crippen molar-refractivity contribution in [1.82, 2.24) is 0 Å². The lowest BCUT2D eigenvalue weighted by Gasteiger charge is -2.06. The fourth-order valence-corrected chi connectivity index (χ4v) is 1.97. The van der Waals surface area contributed by atoms with Crippen molar-refractivity contribution in [2.75, 3.05) is 13.2 Å². The molecule has 22 heavy (non-hydrogen) atoms. The highest BCUT2D eigenvalue weighted by molar-refractivity contribution is 9.10. The third-order valence-corrected chi connectivity index (χ3v) is 3.38. The van der Waals surface area contributed by atoms with Gasteiger partial charge in [0, 0.05) is 10.0 Å². The smallest absolute Gasteiger partial charge is 0.309 e. The number of ether oxygens (including phenoxy) is 2. The summed E-state index contributed by atoms with van der Waals surface area (Å²) in [5.41, 5.74) is 0.511. The van der Waals surface area contributed by atoms with E-state index in [2.05, 4.69) is 15.9 Å². The maximum absolute atomic E-state index is 11.8. The van der Waals surface area contributed by atoms with Crippen LogP contribution < -0.4 is 4.74 Å². The molecule has 0 aliphatic carbocycles. The van der Waals surface area contributed by atoms with Gasteiger partial charge in [0.1, 0.15) is 5.75 Å². The summed E-state index contributed by atoms with van der Waals surface area (Å²) in [5, 5.41) is 0.